The fourth-order valence-electron chi connectivity index (χ4n) is 1.22. The van der Waals surface area contributed by atoms with Gasteiger partial charge in [0.2, 0.25) is 6.33 Å². The predicted octanol–water partition coefficient (Wildman–Crippen LogP) is 4.60. The van der Waals surface area contributed by atoms with Gasteiger partial charge in [0.25, 0.3) is 0 Å². The first kappa shape index (κ1) is 26.1. The molecule has 1 heterocycles. The number of aromatic nitrogens is 2. The maximum absolute atomic E-state index is 10.7. The van der Waals surface area contributed by atoms with Crippen LogP contribution in [0, 0.1) is 0 Å². The van der Waals surface area contributed by atoms with Crippen molar-refractivity contribution in [3.8, 4) is 0 Å². The van der Waals surface area contributed by atoms with Crippen LogP contribution in [0.25, 0.3) is 0 Å². The van der Waals surface area contributed by atoms with Crippen molar-refractivity contribution in [2.45, 2.75) is 33.2 Å². The molecule has 0 fully saturated rings. The Bertz CT molecular complexity index is 629. The van der Waals surface area contributed by atoms with E-state index < -0.39 is 19.7 Å². The Morgan fingerprint density at radius 3 is 1.85 bits per heavy atom. The molecular weight excluding hydrogens is 393 g/mol. The van der Waals surface area contributed by atoms with Crippen LogP contribution in [0.5, 0.6) is 0 Å². The van der Waals surface area contributed by atoms with Crippen LogP contribution >= 0.6 is 7.81 Å². The fourth-order valence-corrected chi connectivity index (χ4v) is 1.22. The number of aliphatic carboxylic acids is 2. The Hall–Kier alpha value is -2.10. The molecule has 13 heteroatoms. The van der Waals surface area contributed by atoms with E-state index >= 15 is 0 Å². The number of unbranched alkanes of at least 4 members (excludes halogenated alkanes) is 1. The van der Waals surface area contributed by atoms with Crippen molar-refractivity contribution in [2.24, 2.45) is 7.05 Å². The molecule has 0 aliphatic carbocycles. The third kappa shape index (κ3) is 26.8. The third-order valence-corrected chi connectivity index (χ3v) is 2.27. The van der Waals surface area contributed by atoms with Gasteiger partial charge in [-0.1, -0.05) is 13.3 Å². The molecule has 0 bridgehead atoms. The number of imidazole rings is 1. The molecule has 0 saturated carbocycles. The molecule has 0 aliphatic rings. The molecule has 6 nitrogen and oxygen atoms in total. The summed E-state index contributed by atoms with van der Waals surface area (Å²) in [6.45, 7) is 4.58. The molecule has 0 aliphatic heterocycles. The Kier molecular flexibility index (Phi) is 9.06. The van der Waals surface area contributed by atoms with Gasteiger partial charge in [-0.3, -0.25) is 0 Å². The van der Waals surface area contributed by atoms with E-state index in [4.69, 9.17) is 10.2 Å². The Balaban J connectivity index is 0. The molecule has 1 aromatic rings. The molecule has 0 saturated heterocycles. The SMILES string of the molecule is C/C(=C/C(=O)O)C(=O)O.CCCC[n+]1ccn(C)c1.F[P-](F)(F)(F)(F)F. The molecule has 154 valence electrons. The van der Waals surface area contributed by atoms with Gasteiger partial charge in [0.05, 0.1) is 13.6 Å². The van der Waals surface area contributed by atoms with Crippen molar-refractivity contribution < 1.29 is 49.6 Å². The Morgan fingerprint density at radius 1 is 1.15 bits per heavy atom. The average Bonchev–Trinajstić information content (AvgIpc) is 2.78. The van der Waals surface area contributed by atoms with Gasteiger partial charge >= 0.3 is 44.9 Å². The van der Waals surface area contributed by atoms with E-state index in [1.807, 2.05) is 7.05 Å². The number of carboxylic acid groups (broad SMARTS) is 2. The van der Waals surface area contributed by atoms with Gasteiger partial charge in [-0.2, -0.15) is 0 Å². The molecule has 1 rings (SSSR count). The maximum atomic E-state index is 9.90. The van der Waals surface area contributed by atoms with Crippen LogP contribution in [0.1, 0.15) is 26.7 Å². The Morgan fingerprint density at radius 2 is 1.62 bits per heavy atom. The summed E-state index contributed by atoms with van der Waals surface area (Å²) in [5.74, 6) is -2.45. The second kappa shape index (κ2) is 9.02. The monoisotopic (exact) mass is 414 g/mol. The molecule has 0 aromatic carbocycles. The van der Waals surface area contributed by atoms with E-state index in [1.54, 1.807) is 0 Å². The van der Waals surface area contributed by atoms with Gasteiger partial charge in [-0.05, 0) is 13.3 Å². The molecule has 2 N–H and O–H groups in total. The summed E-state index contributed by atoms with van der Waals surface area (Å²) in [4.78, 5) is 19.7. The van der Waals surface area contributed by atoms with Crippen LogP contribution in [0.15, 0.2) is 30.4 Å². The van der Waals surface area contributed by atoms with Gasteiger partial charge in [-0.25, -0.2) is 18.7 Å². The van der Waals surface area contributed by atoms with E-state index in [2.05, 4.69) is 34.8 Å². The van der Waals surface area contributed by atoms with Crippen molar-refractivity contribution in [3.63, 3.8) is 0 Å². The van der Waals surface area contributed by atoms with Gasteiger partial charge in [0, 0.05) is 11.6 Å². The van der Waals surface area contributed by atoms with Crippen molar-refractivity contribution in [2.75, 3.05) is 0 Å². The minimum absolute atomic E-state index is 0.178. The zero-order valence-electron chi connectivity index (χ0n) is 14.3. The normalized spacial score (nSPS) is 14.0. The first-order valence-corrected chi connectivity index (χ1v) is 9.06. The molecule has 0 amide bonds. The number of nitrogens with zero attached hydrogens (tertiary/aromatic N) is 2. The number of rotatable bonds is 5. The summed E-state index contributed by atoms with van der Waals surface area (Å²) in [5, 5.41) is 16.1. The van der Waals surface area contributed by atoms with Crippen molar-refractivity contribution in [3.05, 3.63) is 30.4 Å². The van der Waals surface area contributed by atoms with Gasteiger partial charge < -0.3 is 10.2 Å². The van der Waals surface area contributed by atoms with Gasteiger partial charge in [0.1, 0.15) is 12.4 Å². The van der Waals surface area contributed by atoms with Crippen molar-refractivity contribution in [1.29, 1.82) is 0 Å². The molecule has 0 radical (unpaired) electrons. The number of carboxylic acids is 2. The Labute approximate surface area is 145 Å². The van der Waals surface area contributed by atoms with Crippen LogP contribution in [0.4, 0.5) is 25.2 Å². The summed E-state index contributed by atoms with van der Waals surface area (Å²) in [6.07, 6.45) is 9.46. The van der Waals surface area contributed by atoms with Crippen LogP contribution in [-0.2, 0) is 23.2 Å². The second-order valence-electron chi connectivity index (χ2n) is 5.10. The summed E-state index contributed by atoms with van der Waals surface area (Å²) in [5.41, 5.74) is -0.178. The number of hydrogen-bond donors (Lipinski definition) is 2. The first-order chi connectivity index (χ1) is 11.3. The third-order valence-electron chi connectivity index (χ3n) is 2.27. The molecule has 26 heavy (non-hydrogen) atoms. The number of aryl methyl sites for hydroxylation is 2. The number of halogens is 6. The first-order valence-electron chi connectivity index (χ1n) is 7.03. The van der Waals surface area contributed by atoms with E-state index in [1.165, 1.54) is 19.8 Å². The summed E-state index contributed by atoms with van der Waals surface area (Å²) in [6, 6.07) is 0. The van der Waals surface area contributed by atoms with Crippen LogP contribution in [-0.4, -0.2) is 26.7 Å². The predicted molar refractivity (Wildman–Crippen MR) is 83.1 cm³/mol. The molecule has 0 spiro atoms. The molecule has 0 unspecified atom stereocenters. The standard InChI is InChI=1S/C8H15N2.C5H6O4.F6P/c1-3-4-5-10-7-6-9(2)8-10;1-3(5(8)9)2-4(6)7;1-7(2,3,4,5)6/h6-8H,3-5H2,1-2H3;2H,1H3,(H,6,7)(H,8,9);/q+1;;-1/b;3-2-;. The van der Waals surface area contributed by atoms with E-state index in [-0.39, 0.29) is 5.57 Å². The second-order valence-corrected chi connectivity index (χ2v) is 7.02. The van der Waals surface area contributed by atoms with E-state index in [9.17, 15) is 34.8 Å². The molecule has 0 atom stereocenters. The van der Waals surface area contributed by atoms with E-state index in [0.29, 0.717) is 6.08 Å². The van der Waals surface area contributed by atoms with E-state index in [0.717, 1.165) is 6.54 Å². The molecule has 1 aromatic heterocycles. The molecular formula is C13H21F6N2O4P. The summed E-state index contributed by atoms with van der Waals surface area (Å²) >= 11 is 0. The van der Waals surface area contributed by atoms with Crippen molar-refractivity contribution in [1.82, 2.24) is 4.57 Å². The topological polar surface area (TPSA) is 83.4 Å². The number of carbonyl (C=O) groups is 2. The summed E-state index contributed by atoms with van der Waals surface area (Å²) < 4.78 is 63.5. The zero-order valence-corrected chi connectivity index (χ0v) is 15.1. The average molecular weight is 414 g/mol. The number of hydrogen-bond acceptors (Lipinski definition) is 2. The minimum atomic E-state index is -10.7. The van der Waals surface area contributed by atoms with Crippen LogP contribution < -0.4 is 4.57 Å². The quantitative estimate of drug-likeness (QED) is 0.319. The van der Waals surface area contributed by atoms with Gasteiger partial charge in [0.15, 0.2) is 0 Å². The van der Waals surface area contributed by atoms with Crippen LogP contribution in [0.3, 0.4) is 0 Å². The van der Waals surface area contributed by atoms with Gasteiger partial charge in [-0.15, -0.1) is 0 Å². The summed E-state index contributed by atoms with van der Waals surface area (Å²) in [7, 11) is -8.61. The van der Waals surface area contributed by atoms with Crippen molar-refractivity contribution >= 4 is 19.7 Å². The fraction of sp³-hybridized carbons (Fsp3) is 0.462. The zero-order chi connectivity index (χ0) is 21.2. The van der Waals surface area contributed by atoms with Crippen LogP contribution in [0.2, 0.25) is 0 Å².